The van der Waals surface area contributed by atoms with Crippen molar-refractivity contribution in [2.75, 3.05) is 5.73 Å². The van der Waals surface area contributed by atoms with Crippen molar-refractivity contribution in [1.29, 1.82) is 0 Å². The highest BCUT2D eigenvalue weighted by molar-refractivity contribution is 9.10. The number of hydrogen-bond acceptors (Lipinski definition) is 3. The number of aryl methyl sites for hydroxylation is 1. The van der Waals surface area contributed by atoms with Crippen LogP contribution >= 0.6 is 15.9 Å². The molecule has 0 saturated carbocycles. The van der Waals surface area contributed by atoms with Crippen molar-refractivity contribution in [3.05, 3.63) is 22.2 Å². The summed E-state index contributed by atoms with van der Waals surface area (Å²) in [4.78, 5) is 0. The molecule has 0 fully saturated rings. The van der Waals surface area contributed by atoms with Crippen molar-refractivity contribution >= 4 is 32.7 Å². The summed E-state index contributed by atoms with van der Waals surface area (Å²) >= 11 is 3.41. The topological polar surface area (TPSA) is 52.0 Å². The number of benzene rings is 1. The van der Waals surface area contributed by atoms with Crippen LogP contribution in [0.4, 0.5) is 5.82 Å². The summed E-state index contributed by atoms with van der Waals surface area (Å²) in [6, 6.07) is 3.76. The Labute approximate surface area is 77.7 Å². The SMILES string of the molecule is Cc1c(Br)ccc2onc(N)c12. The molecule has 2 aromatic rings. The van der Waals surface area contributed by atoms with E-state index in [0.29, 0.717) is 5.82 Å². The molecule has 0 radical (unpaired) electrons. The molecule has 12 heavy (non-hydrogen) atoms. The standard InChI is InChI=1S/C8H7BrN2O/c1-4-5(9)2-3-6-7(4)8(10)11-12-6/h2-3H,1H3,(H2,10,11). The van der Waals surface area contributed by atoms with Crippen LogP contribution in [0.3, 0.4) is 0 Å². The molecule has 1 aromatic carbocycles. The summed E-state index contributed by atoms with van der Waals surface area (Å²) in [7, 11) is 0. The largest absolute Gasteiger partial charge is 0.380 e. The molecule has 3 nitrogen and oxygen atoms in total. The second-order valence-corrected chi connectivity index (χ2v) is 3.47. The molecule has 0 unspecified atom stereocenters. The second kappa shape index (κ2) is 2.48. The van der Waals surface area contributed by atoms with Gasteiger partial charge in [-0.2, -0.15) is 0 Å². The van der Waals surface area contributed by atoms with Gasteiger partial charge in [0.1, 0.15) is 0 Å². The van der Waals surface area contributed by atoms with Crippen LogP contribution in [-0.4, -0.2) is 5.16 Å². The van der Waals surface area contributed by atoms with Gasteiger partial charge in [0.15, 0.2) is 11.4 Å². The van der Waals surface area contributed by atoms with Crippen LogP contribution in [0.25, 0.3) is 11.0 Å². The van der Waals surface area contributed by atoms with Crippen LogP contribution in [0.2, 0.25) is 0 Å². The fourth-order valence-electron chi connectivity index (χ4n) is 1.20. The van der Waals surface area contributed by atoms with Crippen LogP contribution in [-0.2, 0) is 0 Å². The smallest absolute Gasteiger partial charge is 0.175 e. The van der Waals surface area contributed by atoms with Crippen LogP contribution < -0.4 is 5.73 Å². The maximum absolute atomic E-state index is 5.62. The number of nitrogens with zero attached hydrogens (tertiary/aromatic N) is 1. The van der Waals surface area contributed by atoms with Crippen molar-refractivity contribution in [2.45, 2.75) is 6.92 Å². The third kappa shape index (κ3) is 0.914. The maximum Gasteiger partial charge on any atom is 0.175 e. The number of aromatic nitrogens is 1. The highest BCUT2D eigenvalue weighted by Gasteiger charge is 2.09. The highest BCUT2D eigenvalue weighted by Crippen LogP contribution is 2.29. The van der Waals surface area contributed by atoms with E-state index in [2.05, 4.69) is 21.1 Å². The van der Waals surface area contributed by atoms with Gasteiger partial charge in [-0.05, 0) is 24.6 Å². The van der Waals surface area contributed by atoms with Crippen molar-refractivity contribution < 1.29 is 4.52 Å². The minimum atomic E-state index is 0.448. The van der Waals surface area contributed by atoms with E-state index in [1.807, 2.05) is 19.1 Å². The van der Waals surface area contributed by atoms with Crippen LogP contribution in [0.5, 0.6) is 0 Å². The minimum absolute atomic E-state index is 0.448. The Hall–Kier alpha value is -1.03. The molecule has 62 valence electrons. The summed E-state index contributed by atoms with van der Waals surface area (Å²) in [5, 5.41) is 4.57. The fourth-order valence-corrected chi connectivity index (χ4v) is 1.53. The van der Waals surface area contributed by atoms with Crippen molar-refractivity contribution in [1.82, 2.24) is 5.16 Å². The summed E-state index contributed by atoms with van der Waals surface area (Å²) in [5.74, 6) is 0.448. The highest BCUT2D eigenvalue weighted by atomic mass is 79.9. The van der Waals surface area contributed by atoms with Crippen molar-refractivity contribution in [3.63, 3.8) is 0 Å². The van der Waals surface area contributed by atoms with Gasteiger partial charge >= 0.3 is 0 Å². The zero-order chi connectivity index (χ0) is 8.72. The minimum Gasteiger partial charge on any atom is -0.380 e. The van der Waals surface area contributed by atoms with Gasteiger partial charge in [-0.1, -0.05) is 21.1 Å². The van der Waals surface area contributed by atoms with Gasteiger partial charge in [-0.15, -0.1) is 0 Å². The van der Waals surface area contributed by atoms with E-state index in [4.69, 9.17) is 10.3 Å². The van der Waals surface area contributed by atoms with Crippen molar-refractivity contribution in [3.8, 4) is 0 Å². The van der Waals surface area contributed by atoms with Gasteiger partial charge in [0.25, 0.3) is 0 Å². The molecule has 0 bridgehead atoms. The molecular formula is C8H7BrN2O. The summed E-state index contributed by atoms with van der Waals surface area (Å²) < 4.78 is 6.01. The number of hydrogen-bond donors (Lipinski definition) is 1. The van der Waals surface area contributed by atoms with E-state index in [-0.39, 0.29) is 0 Å². The number of fused-ring (bicyclic) bond motifs is 1. The third-order valence-corrected chi connectivity index (χ3v) is 2.72. The zero-order valence-electron chi connectivity index (χ0n) is 6.47. The molecule has 0 atom stereocenters. The maximum atomic E-state index is 5.62. The molecule has 0 aliphatic rings. The lowest BCUT2D eigenvalue weighted by molar-refractivity contribution is 0.460. The molecular weight excluding hydrogens is 220 g/mol. The number of anilines is 1. The molecule has 4 heteroatoms. The lowest BCUT2D eigenvalue weighted by Gasteiger charge is -1.97. The van der Waals surface area contributed by atoms with Crippen molar-refractivity contribution in [2.24, 2.45) is 0 Å². The van der Waals surface area contributed by atoms with E-state index < -0.39 is 0 Å². The van der Waals surface area contributed by atoms with E-state index in [1.54, 1.807) is 0 Å². The predicted octanol–water partition coefficient (Wildman–Crippen LogP) is 2.48. The lowest BCUT2D eigenvalue weighted by atomic mass is 10.1. The average Bonchev–Trinajstić information content (AvgIpc) is 2.41. The average molecular weight is 227 g/mol. The zero-order valence-corrected chi connectivity index (χ0v) is 8.05. The van der Waals surface area contributed by atoms with E-state index in [1.165, 1.54) is 0 Å². The number of nitrogens with two attached hydrogens (primary N) is 1. The Morgan fingerprint density at radius 2 is 2.25 bits per heavy atom. The normalized spacial score (nSPS) is 10.8. The first kappa shape index (κ1) is 7.61. The second-order valence-electron chi connectivity index (χ2n) is 2.61. The molecule has 2 rings (SSSR count). The molecule has 0 aliphatic carbocycles. The Balaban J connectivity index is 2.96. The quantitative estimate of drug-likeness (QED) is 0.752. The first-order valence-corrected chi connectivity index (χ1v) is 4.29. The van der Waals surface area contributed by atoms with Gasteiger partial charge in [0.05, 0.1) is 5.39 Å². The number of halogens is 1. The predicted molar refractivity (Wildman–Crippen MR) is 50.9 cm³/mol. The van der Waals surface area contributed by atoms with Gasteiger partial charge in [0, 0.05) is 4.47 Å². The molecule has 0 amide bonds. The number of nitrogen functional groups attached to an aromatic ring is 1. The molecule has 1 aromatic heterocycles. The lowest BCUT2D eigenvalue weighted by Crippen LogP contribution is -1.86. The Morgan fingerprint density at radius 3 is 3.00 bits per heavy atom. The number of rotatable bonds is 0. The first-order valence-electron chi connectivity index (χ1n) is 3.50. The van der Waals surface area contributed by atoms with Gasteiger partial charge < -0.3 is 10.3 Å². The van der Waals surface area contributed by atoms with E-state index >= 15 is 0 Å². The van der Waals surface area contributed by atoms with Crippen LogP contribution in [0, 0.1) is 6.92 Å². The Bertz CT molecular complexity index is 436. The fraction of sp³-hybridized carbons (Fsp3) is 0.125. The Morgan fingerprint density at radius 1 is 1.50 bits per heavy atom. The first-order chi connectivity index (χ1) is 5.70. The third-order valence-electron chi connectivity index (χ3n) is 1.86. The van der Waals surface area contributed by atoms with E-state index in [9.17, 15) is 0 Å². The molecule has 0 aliphatic heterocycles. The molecule has 1 heterocycles. The molecule has 0 saturated heterocycles. The summed E-state index contributed by atoms with van der Waals surface area (Å²) in [6.07, 6.45) is 0. The summed E-state index contributed by atoms with van der Waals surface area (Å²) in [5.41, 5.74) is 7.41. The summed E-state index contributed by atoms with van der Waals surface area (Å²) in [6.45, 7) is 1.97. The molecule has 2 N–H and O–H groups in total. The van der Waals surface area contributed by atoms with Gasteiger partial charge in [0.2, 0.25) is 0 Å². The van der Waals surface area contributed by atoms with Crippen LogP contribution in [0.1, 0.15) is 5.56 Å². The molecule has 0 spiro atoms. The van der Waals surface area contributed by atoms with Crippen LogP contribution in [0.15, 0.2) is 21.1 Å². The monoisotopic (exact) mass is 226 g/mol. The Kier molecular flexibility index (Phi) is 1.58. The van der Waals surface area contributed by atoms with E-state index in [0.717, 1.165) is 21.0 Å². The van der Waals surface area contributed by atoms with Gasteiger partial charge in [-0.25, -0.2) is 0 Å². The van der Waals surface area contributed by atoms with Gasteiger partial charge in [-0.3, -0.25) is 0 Å².